The summed E-state index contributed by atoms with van der Waals surface area (Å²) in [7, 11) is 0. The lowest BCUT2D eigenvalue weighted by atomic mass is 10.3. The molecule has 4 N–H and O–H groups in total. The molecule has 0 unspecified atom stereocenters. The molecule has 0 rings (SSSR count). The molecule has 0 aliphatic heterocycles. The minimum atomic E-state index is -0.738. The molecule has 0 fully saturated rings. The molecule has 2 atom stereocenters. The second kappa shape index (κ2) is 4.05. The highest BCUT2D eigenvalue weighted by Gasteiger charge is 2.16. The Bertz CT molecular complexity index is 147. The maximum absolute atomic E-state index is 10.7. The fraction of sp³-hybridized carbons (Fsp3) is 0.667. The predicted octanol–water partition coefficient (Wildman–Crippen LogP) is -1.66. The van der Waals surface area contributed by atoms with E-state index in [0.29, 0.717) is 0 Å². The smallest absolute Gasteiger partial charge is 0.265 e. The number of hydrogen-bond acceptors (Lipinski definition) is 4. The first-order valence-corrected chi connectivity index (χ1v) is 3.25. The van der Waals surface area contributed by atoms with E-state index in [0.717, 1.165) is 0 Å². The zero-order valence-corrected chi connectivity index (χ0v) is 6.57. The minimum Gasteiger partial charge on any atom is -0.320 e. The van der Waals surface area contributed by atoms with E-state index in [1.807, 2.05) is 0 Å². The molecular weight excluding hydrogens is 146 g/mol. The standard InChI is InChI=1S/C6H12N3O2/c1-3(7)5(10)9-6(11)4(2)8/h3-4H,7-8H2,1-2H3/t3-,4-/m0/s1. The van der Waals surface area contributed by atoms with Crippen molar-refractivity contribution in [1.29, 1.82) is 0 Å². The Kier molecular flexibility index (Phi) is 3.70. The molecule has 0 aliphatic carbocycles. The number of nitrogens with zero attached hydrogens (tertiary/aromatic N) is 1. The number of nitrogens with two attached hydrogens (primary N) is 2. The zero-order valence-electron chi connectivity index (χ0n) is 6.57. The van der Waals surface area contributed by atoms with E-state index in [2.05, 4.69) is 5.32 Å². The molecule has 0 aromatic carbocycles. The molecule has 0 spiro atoms. The van der Waals surface area contributed by atoms with Gasteiger partial charge in [0, 0.05) is 0 Å². The van der Waals surface area contributed by atoms with Gasteiger partial charge >= 0.3 is 0 Å². The average molecular weight is 158 g/mol. The summed E-state index contributed by atoms with van der Waals surface area (Å²) in [4.78, 5) is 21.4. The van der Waals surface area contributed by atoms with E-state index < -0.39 is 23.9 Å². The van der Waals surface area contributed by atoms with E-state index in [-0.39, 0.29) is 0 Å². The highest BCUT2D eigenvalue weighted by molar-refractivity contribution is 5.98. The molecular formula is C6H12N3O2. The fourth-order valence-electron chi connectivity index (χ4n) is 0.312. The SMILES string of the molecule is C[C@H](N)C(=O)[N]C(=O)[C@H](C)N. The summed E-state index contributed by atoms with van der Waals surface area (Å²) >= 11 is 0. The topological polar surface area (TPSA) is 100 Å². The third-order valence-corrected chi connectivity index (χ3v) is 0.999. The molecule has 5 nitrogen and oxygen atoms in total. The third kappa shape index (κ3) is 3.69. The van der Waals surface area contributed by atoms with Crippen molar-refractivity contribution in [2.24, 2.45) is 11.5 Å². The summed E-state index contributed by atoms with van der Waals surface area (Å²) in [5.41, 5.74) is 10.3. The van der Waals surface area contributed by atoms with Gasteiger partial charge in [-0.25, -0.2) is 0 Å². The van der Waals surface area contributed by atoms with Crippen molar-refractivity contribution >= 4 is 11.8 Å². The van der Waals surface area contributed by atoms with Crippen LogP contribution in [0, 0.1) is 0 Å². The van der Waals surface area contributed by atoms with E-state index >= 15 is 0 Å². The molecule has 5 heteroatoms. The van der Waals surface area contributed by atoms with Crippen molar-refractivity contribution in [3.05, 3.63) is 0 Å². The van der Waals surface area contributed by atoms with E-state index in [1.54, 1.807) is 0 Å². The van der Waals surface area contributed by atoms with Gasteiger partial charge in [-0.3, -0.25) is 9.59 Å². The molecule has 63 valence electrons. The molecule has 11 heavy (non-hydrogen) atoms. The van der Waals surface area contributed by atoms with Gasteiger partial charge in [-0.05, 0) is 13.8 Å². The molecule has 0 aromatic heterocycles. The van der Waals surface area contributed by atoms with Crippen molar-refractivity contribution in [3.8, 4) is 0 Å². The second-order valence-corrected chi connectivity index (χ2v) is 2.37. The number of carbonyl (C=O) groups excluding carboxylic acids is 2. The van der Waals surface area contributed by atoms with Crippen molar-refractivity contribution < 1.29 is 9.59 Å². The Labute approximate surface area is 65.1 Å². The molecule has 1 radical (unpaired) electrons. The summed E-state index contributed by atoms with van der Waals surface area (Å²) in [5.74, 6) is -1.26. The maximum Gasteiger partial charge on any atom is 0.265 e. The van der Waals surface area contributed by atoms with Gasteiger partial charge in [0.15, 0.2) is 0 Å². The Morgan fingerprint density at radius 1 is 1.09 bits per heavy atom. The van der Waals surface area contributed by atoms with E-state index in [4.69, 9.17) is 11.5 Å². The van der Waals surface area contributed by atoms with Crippen LogP contribution in [0.5, 0.6) is 0 Å². The average Bonchev–Trinajstić information content (AvgIpc) is 1.87. The summed E-state index contributed by atoms with van der Waals surface area (Å²) in [6.07, 6.45) is 0. The summed E-state index contributed by atoms with van der Waals surface area (Å²) in [6.45, 7) is 2.92. The van der Waals surface area contributed by atoms with Crippen molar-refractivity contribution in [3.63, 3.8) is 0 Å². The zero-order chi connectivity index (χ0) is 9.02. The normalized spacial score (nSPS) is 15.3. The van der Waals surface area contributed by atoms with Gasteiger partial charge in [0.25, 0.3) is 11.8 Å². The van der Waals surface area contributed by atoms with Crippen LogP contribution >= 0.6 is 0 Å². The first-order chi connectivity index (χ1) is 4.95. The van der Waals surface area contributed by atoms with Crippen LogP contribution in [0.2, 0.25) is 0 Å². The number of rotatable bonds is 2. The van der Waals surface area contributed by atoms with Gasteiger partial charge in [-0.2, -0.15) is 5.32 Å². The monoisotopic (exact) mass is 158 g/mol. The van der Waals surface area contributed by atoms with Crippen LogP contribution < -0.4 is 16.8 Å². The second-order valence-electron chi connectivity index (χ2n) is 2.37. The van der Waals surface area contributed by atoms with Crippen LogP contribution in [-0.4, -0.2) is 23.9 Å². The fourth-order valence-corrected chi connectivity index (χ4v) is 0.312. The Morgan fingerprint density at radius 3 is 1.55 bits per heavy atom. The minimum absolute atomic E-state index is 0.632. The maximum atomic E-state index is 10.7. The van der Waals surface area contributed by atoms with Crippen molar-refractivity contribution in [2.45, 2.75) is 25.9 Å². The van der Waals surface area contributed by atoms with Gasteiger partial charge < -0.3 is 11.5 Å². The molecule has 0 saturated carbocycles. The highest BCUT2D eigenvalue weighted by Crippen LogP contribution is 1.81. The van der Waals surface area contributed by atoms with Gasteiger partial charge in [0.05, 0.1) is 12.1 Å². The summed E-state index contributed by atoms with van der Waals surface area (Å²) < 4.78 is 0. The molecule has 0 saturated heterocycles. The van der Waals surface area contributed by atoms with E-state index in [9.17, 15) is 9.59 Å². The van der Waals surface area contributed by atoms with Crippen LogP contribution in [-0.2, 0) is 9.59 Å². The summed E-state index contributed by atoms with van der Waals surface area (Å²) in [5, 5.41) is 3.15. The lowest BCUT2D eigenvalue weighted by Gasteiger charge is -2.04. The van der Waals surface area contributed by atoms with Gasteiger partial charge in [-0.15, -0.1) is 0 Å². The Hall–Kier alpha value is -0.940. The van der Waals surface area contributed by atoms with Crippen LogP contribution in [0.3, 0.4) is 0 Å². The van der Waals surface area contributed by atoms with Crippen LogP contribution in [0.25, 0.3) is 0 Å². The van der Waals surface area contributed by atoms with Crippen LogP contribution in [0.1, 0.15) is 13.8 Å². The van der Waals surface area contributed by atoms with Gasteiger partial charge in [0.1, 0.15) is 0 Å². The lowest BCUT2D eigenvalue weighted by molar-refractivity contribution is -0.131. The van der Waals surface area contributed by atoms with Gasteiger partial charge in [0.2, 0.25) is 0 Å². The Balaban J connectivity index is 3.86. The van der Waals surface area contributed by atoms with Crippen molar-refractivity contribution in [2.75, 3.05) is 0 Å². The molecule has 0 aliphatic rings. The Morgan fingerprint density at radius 2 is 1.36 bits per heavy atom. The first-order valence-electron chi connectivity index (χ1n) is 3.25. The lowest BCUT2D eigenvalue weighted by Crippen LogP contribution is -2.42. The number of carbonyl (C=O) groups is 2. The van der Waals surface area contributed by atoms with Crippen LogP contribution in [0.15, 0.2) is 0 Å². The molecule has 2 amide bonds. The number of amides is 2. The highest BCUT2D eigenvalue weighted by atomic mass is 16.2. The molecule has 0 aromatic rings. The first kappa shape index (κ1) is 10.1. The quantitative estimate of drug-likeness (QED) is 0.502. The predicted molar refractivity (Wildman–Crippen MR) is 39.4 cm³/mol. The largest absolute Gasteiger partial charge is 0.320 e. The van der Waals surface area contributed by atoms with Crippen LogP contribution in [0.4, 0.5) is 0 Å². The van der Waals surface area contributed by atoms with Crippen molar-refractivity contribution in [1.82, 2.24) is 5.32 Å². The number of hydrogen-bond donors (Lipinski definition) is 2. The summed E-state index contributed by atoms with van der Waals surface area (Å²) in [6, 6.07) is -1.48. The van der Waals surface area contributed by atoms with Gasteiger partial charge in [-0.1, -0.05) is 0 Å². The third-order valence-electron chi connectivity index (χ3n) is 0.999. The number of imide groups is 1. The van der Waals surface area contributed by atoms with E-state index in [1.165, 1.54) is 13.8 Å². The molecule has 0 heterocycles. The molecule has 0 bridgehead atoms.